The molecular weight excluding hydrogens is 384 g/mol. The number of hydrogen-bond donors (Lipinski definition) is 3. The summed E-state index contributed by atoms with van der Waals surface area (Å²) < 4.78 is 23.5. The Morgan fingerprint density at radius 2 is 1.71 bits per heavy atom. The molecule has 0 saturated carbocycles. The zero-order valence-electron chi connectivity index (χ0n) is 14.9. The van der Waals surface area contributed by atoms with Crippen LogP contribution in [0.2, 0.25) is 0 Å². The van der Waals surface area contributed by atoms with Crippen LogP contribution in [0.5, 0.6) is 0 Å². The number of nitrogens with zero attached hydrogens (tertiary/aromatic N) is 1. The van der Waals surface area contributed by atoms with E-state index in [0.717, 1.165) is 4.68 Å². The fourth-order valence-electron chi connectivity index (χ4n) is 2.82. The van der Waals surface area contributed by atoms with E-state index in [0.29, 0.717) is 5.56 Å². The zero-order chi connectivity index (χ0) is 20.5. The number of rotatable bonds is 5. The minimum atomic E-state index is -3.80. The molecule has 28 heavy (non-hydrogen) atoms. The summed E-state index contributed by atoms with van der Waals surface area (Å²) in [5.74, 6) is -0.490. The number of aromatic nitrogens is 2. The van der Waals surface area contributed by atoms with E-state index in [1.807, 2.05) is 0 Å². The van der Waals surface area contributed by atoms with Gasteiger partial charge in [0.1, 0.15) is 6.54 Å². The third-order valence-corrected chi connectivity index (χ3v) is 5.20. The van der Waals surface area contributed by atoms with Gasteiger partial charge in [-0.15, -0.1) is 0 Å². The fourth-order valence-corrected chi connectivity index (χ4v) is 3.33. The van der Waals surface area contributed by atoms with Crippen LogP contribution in [-0.4, -0.2) is 24.1 Å². The summed E-state index contributed by atoms with van der Waals surface area (Å²) in [5.41, 5.74) is -0.287. The van der Waals surface area contributed by atoms with E-state index in [-0.39, 0.29) is 22.2 Å². The summed E-state index contributed by atoms with van der Waals surface area (Å²) in [5, 5.41) is 10.6. The number of benzene rings is 2. The van der Waals surface area contributed by atoms with E-state index in [1.165, 1.54) is 36.4 Å². The number of nitrogens with one attached hydrogen (secondary N) is 2. The zero-order valence-corrected chi connectivity index (χ0v) is 15.7. The van der Waals surface area contributed by atoms with Gasteiger partial charge >= 0.3 is 0 Å². The summed E-state index contributed by atoms with van der Waals surface area (Å²) in [6.07, 6.45) is 0. The van der Waals surface area contributed by atoms with Crippen LogP contribution in [0, 0.1) is 0 Å². The number of H-pyrrole nitrogens is 1. The maximum atomic E-state index is 12.4. The Balaban J connectivity index is 1.77. The summed E-state index contributed by atoms with van der Waals surface area (Å²) >= 11 is 0. The summed E-state index contributed by atoms with van der Waals surface area (Å²) in [4.78, 5) is 36.8. The molecule has 2 aromatic carbocycles. The van der Waals surface area contributed by atoms with Crippen LogP contribution in [-0.2, 0) is 21.4 Å². The number of carbonyl (C=O) groups is 1. The molecule has 9 nitrogen and oxygen atoms in total. The van der Waals surface area contributed by atoms with Gasteiger partial charge in [-0.25, -0.2) is 18.2 Å². The standard InChI is InChI=1S/C18H18N4O5S/c1-11(12-6-8-13(9-7-12)28(19,26)27)20-16(23)10-22-18(25)15-5-3-2-4-14(15)17(24)21-22/h2-9,11H,10H2,1H3,(H,20,23)(H,21,24)(H2,19,26,27). The van der Waals surface area contributed by atoms with Gasteiger partial charge in [0.25, 0.3) is 11.1 Å². The van der Waals surface area contributed by atoms with Gasteiger partial charge in [-0.3, -0.25) is 19.5 Å². The monoisotopic (exact) mass is 402 g/mol. The van der Waals surface area contributed by atoms with E-state index in [4.69, 9.17) is 5.14 Å². The topological polar surface area (TPSA) is 144 Å². The lowest BCUT2D eigenvalue weighted by Gasteiger charge is -2.15. The molecule has 0 aliphatic rings. The first-order valence-electron chi connectivity index (χ1n) is 8.31. The number of nitrogens with two attached hydrogens (primary N) is 1. The van der Waals surface area contributed by atoms with E-state index in [9.17, 15) is 22.8 Å². The van der Waals surface area contributed by atoms with Crippen molar-refractivity contribution in [1.29, 1.82) is 0 Å². The Morgan fingerprint density at radius 3 is 2.32 bits per heavy atom. The number of hydrogen-bond acceptors (Lipinski definition) is 5. The van der Waals surface area contributed by atoms with Gasteiger partial charge in [0.05, 0.1) is 21.7 Å². The van der Waals surface area contributed by atoms with Crippen molar-refractivity contribution < 1.29 is 13.2 Å². The predicted octanol–water partition coefficient (Wildman–Crippen LogP) is 0.215. The second-order valence-electron chi connectivity index (χ2n) is 6.28. The molecule has 0 radical (unpaired) electrons. The highest BCUT2D eigenvalue weighted by molar-refractivity contribution is 7.89. The lowest BCUT2D eigenvalue weighted by atomic mass is 10.1. The highest BCUT2D eigenvalue weighted by Crippen LogP contribution is 2.15. The van der Waals surface area contributed by atoms with Crippen molar-refractivity contribution in [3.05, 3.63) is 74.8 Å². The Bertz CT molecular complexity index is 1260. The van der Waals surface area contributed by atoms with Crippen molar-refractivity contribution in [3.63, 3.8) is 0 Å². The number of primary sulfonamides is 1. The third-order valence-electron chi connectivity index (χ3n) is 4.27. The van der Waals surface area contributed by atoms with Crippen LogP contribution in [0.1, 0.15) is 18.5 Å². The summed E-state index contributed by atoms with van der Waals surface area (Å²) in [7, 11) is -3.80. The molecule has 3 aromatic rings. The first-order chi connectivity index (χ1) is 13.2. The van der Waals surface area contributed by atoms with Crippen LogP contribution in [0.4, 0.5) is 0 Å². The molecule has 1 atom stereocenters. The van der Waals surface area contributed by atoms with Crippen molar-refractivity contribution >= 4 is 26.7 Å². The van der Waals surface area contributed by atoms with Crippen LogP contribution < -0.4 is 21.6 Å². The van der Waals surface area contributed by atoms with Crippen molar-refractivity contribution in [3.8, 4) is 0 Å². The maximum Gasteiger partial charge on any atom is 0.273 e. The maximum absolute atomic E-state index is 12.4. The minimum Gasteiger partial charge on any atom is -0.348 e. The molecule has 1 unspecified atom stereocenters. The Kier molecular flexibility index (Phi) is 5.16. The normalized spacial score (nSPS) is 12.6. The lowest BCUT2D eigenvalue weighted by Crippen LogP contribution is -2.37. The van der Waals surface area contributed by atoms with Crippen molar-refractivity contribution in [2.45, 2.75) is 24.4 Å². The Hall–Kier alpha value is -3.24. The van der Waals surface area contributed by atoms with E-state index in [2.05, 4.69) is 10.4 Å². The summed E-state index contributed by atoms with van der Waals surface area (Å²) in [6, 6.07) is 11.7. The second kappa shape index (κ2) is 7.41. The molecule has 4 N–H and O–H groups in total. The SMILES string of the molecule is CC(NC(=O)Cn1[nH]c(=O)c2ccccc2c1=O)c1ccc(S(N)(=O)=O)cc1. The molecule has 0 fully saturated rings. The van der Waals surface area contributed by atoms with E-state index < -0.39 is 33.1 Å². The van der Waals surface area contributed by atoms with Crippen molar-refractivity contribution in [2.24, 2.45) is 5.14 Å². The number of carbonyl (C=O) groups excluding carboxylic acids is 1. The predicted molar refractivity (Wildman–Crippen MR) is 103 cm³/mol. The number of amides is 1. The molecule has 1 amide bonds. The van der Waals surface area contributed by atoms with E-state index in [1.54, 1.807) is 19.1 Å². The first-order valence-corrected chi connectivity index (χ1v) is 9.85. The van der Waals surface area contributed by atoms with Gasteiger partial charge < -0.3 is 5.32 Å². The molecule has 0 saturated heterocycles. The van der Waals surface area contributed by atoms with Crippen molar-refractivity contribution in [2.75, 3.05) is 0 Å². The minimum absolute atomic E-state index is 0.0323. The molecule has 1 heterocycles. The second-order valence-corrected chi connectivity index (χ2v) is 7.84. The average molecular weight is 402 g/mol. The third kappa shape index (κ3) is 4.02. The number of fused-ring (bicyclic) bond motifs is 1. The molecule has 0 bridgehead atoms. The van der Waals surface area contributed by atoms with Gasteiger partial charge in [-0.05, 0) is 36.8 Å². The van der Waals surface area contributed by atoms with Gasteiger partial charge in [0.15, 0.2) is 0 Å². The van der Waals surface area contributed by atoms with Crippen LogP contribution in [0.15, 0.2) is 63.0 Å². The van der Waals surface area contributed by atoms with E-state index >= 15 is 0 Å². The summed E-state index contributed by atoms with van der Waals surface area (Å²) in [6.45, 7) is 1.34. The molecule has 3 rings (SSSR count). The molecule has 0 aliphatic carbocycles. The smallest absolute Gasteiger partial charge is 0.273 e. The highest BCUT2D eigenvalue weighted by Gasteiger charge is 2.14. The molecule has 146 valence electrons. The highest BCUT2D eigenvalue weighted by atomic mass is 32.2. The first kappa shape index (κ1) is 19.5. The molecule has 0 spiro atoms. The molecule has 1 aromatic heterocycles. The van der Waals surface area contributed by atoms with Gasteiger partial charge in [0, 0.05) is 0 Å². The molecular formula is C18H18N4O5S. The molecule has 0 aliphatic heterocycles. The molecule has 10 heteroatoms. The fraction of sp³-hybridized carbons (Fsp3) is 0.167. The van der Waals surface area contributed by atoms with Crippen LogP contribution in [0.3, 0.4) is 0 Å². The van der Waals surface area contributed by atoms with Crippen molar-refractivity contribution in [1.82, 2.24) is 15.1 Å². The number of aromatic amines is 1. The number of sulfonamides is 1. The van der Waals surface area contributed by atoms with Gasteiger partial charge in [0.2, 0.25) is 15.9 Å². The average Bonchev–Trinajstić information content (AvgIpc) is 2.65. The van der Waals surface area contributed by atoms with Crippen LogP contribution >= 0.6 is 0 Å². The van der Waals surface area contributed by atoms with Gasteiger partial charge in [-0.2, -0.15) is 0 Å². The lowest BCUT2D eigenvalue weighted by molar-refractivity contribution is -0.122. The van der Waals surface area contributed by atoms with Crippen LogP contribution in [0.25, 0.3) is 10.8 Å². The Labute approximate surface area is 159 Å². The van der Waals surface area contributed by atoms with Gasteiger partial charge in [-0.1, -0.05) is 24.3 Å². The Morgan fingerprint density at radius 1 is 1.11 bits per heavy atom. The quantitative estimate of drug-likeness (QED) is 0.559. The largest absolute Gasteiger partial charge is 0.348 e.